The van der Waals surface area contributed by atoms with Gasteiger partial charge in [0.25, 0.3) is 0 Å². The smallest absolute Gasteiger partial charge is 0.138 e. The van der Waals surface area contributed by atoms with E-state index < -0.39 is 0 Å². The second-order valence-corrected chi connectivity index (χ2v) is 7.61. The zero-order chi connectivity index (χ0) is 19.0. The van der Waals surface area contributed by atoms with Crippen molar-refractivity contribution < 1.29 is 4.74 Å². The van der Waals surface area contributed by atoms with E-state index in [4.69, 9.17) is 4.74 Å². The summed E-state index contributed by atoms with van der Waals surface area (Å²) in [6, 6.07) is 25.7. The van der Waals surface area contributed by atoms with Gasteiger partial charge in [-0.15, -0.1) is 0 Å². The molecule has 1 saturated carbocycles. The molecule has 144 valence electrons. The number of benzene rings is 2. The lowest BCUT2D eigenvalue weighted by atomic mass is 9.84. The van der Waals surface area contributed by atoms with E-state index in [1.54, 1.807) is 0 Å². The fraction of sp³-hybridized carbons (Fsp3) is 0.320. The molecule has 0 radical (unpaired) electrons. The molecule has 0 atom stereocenters. The Morgan fingerprint density at radius 3 is 2.11 bits per heavy atom. The van der Waals surface area contributed by atoms with Crippen LogP contribution in [0.4, 0.5) is 0 Å². The molecule has 0 amide bonds. The lowest BCUT2D eigenvalue weighted by Gasteiger charge is -2.29. The van der Waals surface area contributed by atoms with Crippen molar-refractivity contribution in [2.75, 3.05) is 0 Å². The Bertz CT molecular complexity index is 825. The fourth-order valence-electron chi connectivity index (χ4n) is 3.91. The lowest BCUT2D eigenvalue weighted by molar-refractivity contribution is 0.303. The SMILES string of the molecule is c1ccc(CN[C@H]2CC[C@@H](c3ccc(OCc4ccccc4)cn3)CC2)cc1. The highest BCUT2D eigenvalue weighted by Crippen LogP contribution is 2.32. The Morgan fingerprint density at radius 1 is 0.786 bits per heavy atom. The zero-order valence-corrected chi connectivity index (χ0v) is 16.3. The van der Waals surface area contributed by atoms with Gasteiger partial charge in [-0.1, -0.05) is 60.7 Å². The number of nitrogens with one attached hydrogen (secondary N) is 1. The molecule has 0 unspecified atom stereocenters. The van der Waals surface area contributed by atoms with E-state index in [0.29, 0.717) is 18.6 Å². The molecule has 3 heteroatoms. The van der Waals surface area contributed by atoms with Crippen LogP contribution in [0.5, 0.6) is 5.75 Å². The number of hydrogen-bond acceptors (Lipinski definition) is 3. The molecule has 28 heavy (non-hydrogen) atoms. The van der Waals surface area contributed by atoms with E-state index in [2.05, 4.69) is 64.9 Å². The molecule has 3 nitrogen and oxygen atoms in total. The summed E-state index contributed by atoms with van der Waals surface area (Å²) < 4.78 is 5.85. The van der Waals surface area contributed by atoms with Gasteiger partial charge in [-0.2, -0.15) is 0 Å². The molecule has 1 fully saturated rings. The molecule has 0 saturated heterocycles. The standard InChI is InChI=1S/C25H28N2O/c1-3-7-20(8-4-1)17-26-23-13-11-22(12-14-23)25-16-15-24(18-27-25)28-19-21-9-5-2-6-10-21/h1-10,15-16,18,22-23,26H,11-14,17,19H2/t22-,23+. The molecule has 3 aromatic rings. The van der Waals surface area contributed by atoms with E-state index in [9.17, 15) is 0 Å². The molecule has 1 aliphatic rings. The van der Waals surface area contributed by atoms with Gasteiger partial charge in [0.1, 0.15) is 12.4 Å². The monoisotopic (exact) mass is 372 g/mol. The molecule has 4 rings (SSSR count). The Balaban J connectivity index is 1.23. The fourth-order valence-corrected chi connectivity index (χ4v) is 3.91. The Labute approximate surface area is 167 Å². The summed E-state index contributed by atoms with van der Waals surface area (Å²) in [7, 11) is 0. The summed E-state index contributed by atoms with van der Waals surface area (Å²) >= 11 is 0. The maximum atomic E-state index is 5.85. The highest BCUT2D eigenvalue weighted by molar-refractivity contribution is 5.23. The van der Waals surface area contributed by atoms with E-state index in [1.807, 2.05) is 24.4 Å². The summed E-state index contributed by atoms with van der Waals surface area (Å²) in [6.45, 7) is 1.54. The minimum Gasteiger partial charge on any atom is -0.487 e. The average molecular weight is 373 g/mol. The van der Waals surface area contributed by atoms with Crippen LogP contribution in [0.25, 0.3) is 0 Å². The van der Waals surface area contributed by atoms with Crippen LogP contribution >= 0.6 is 0 Å². The molecular weight excluding hydrogens is 344 g/mol. The molecule has 1 aliphatic carbocycles. The topological polar surface area (TPSA) is 34.1 Å². The predicted molar refractivity (Wildman–Crippen MR) is 113 cm³/mol. The van der Waals surface area contributed by atoms with Crippen LogP contribution in [0.1, 0.15) is 48.4 Å². The average Bonchev–Trinajstić information content (AvgIpc) is 2.78. The molecule has 0 aliphatic heterocycles. The maximum absolute atomic E-state index is 5.85. The summed E-state index contributed by atoms with van der Waals surface area (Å²) in [5, 5.41) is 3.71. The van der Waals surface area contributed by atoms with Gasteiger partial charge < -0.3 is 10.1 Å². The number of hydrogen-bond donors (Lipinski definition) is 1. The minimum absolute atomic E-state index is 0.568. The highest BCUT2D eigenvalue weighted by Gasteiger charge is 2.22. The van der Waals surface area contributed by atoms with E-state index >= 15 is 0 Å². The molecule has 1 N–H and O–H groups in total. The van der Waals surface area contributed by atoms with Crippen LogP contribution in [0.15, 0.2) is 79.0 Å². The van der Waals surface area contributed by atoms with Gasteiger partial charge in [0.05, 0.1) is 6.20 Å². The van der Waals surface area contributed by atoms with E-state index in [-0.39, 0.29) is 0 Å². The van der Waals surface area contributed by atoms with Crippen molar-refractivity contribution in [3.8, 4) is 5.75 Å². The molecule has 0 bridgehead atoms. The van der Waals surface area contributed by atoms with Crippen molar-refractivity contribution in [2.45, 2.75) is 50.8 Å². The molecule has 0 spiro atoms. The van der Waals surface area contributed by atoms with Crippen LogP contribution in [-0.2, 0) is 13.2 Å². The first kappa shape index (κ1) is 18.7. The quantitative estimate of drug-likeness (QED) is 0.596. The maximum Gasteiger partial charge on any atom is 0.138 e. The number of rotatable bonds is 7. The first-order valence-corrected chi connectivity index (χ1v) is 10.3. The number of pyridine rings is 1. The Morgan fingerprint density at radius 2 is 1.46 bits per heavy atom. The van der Waals surface area contributed by atoms with Crippen LogP contribution in [-0.4, -0.2) is 11.0 Å². The van der Waals surface area contributed by atoms with Gasteiger partial charge >= 0.3 is 0 Å². The van der Waals surface area contributed by atoms with Gasteiger partial charge in [-0.3, -0.25) is 4.98 Å². The van der Waals surface area contributed by atoms with Crippen molar-refractivity contribution >= 4 is 0 Å². The van der Waals surface area contributed by atoms with Crippen LogP contribution in [0, 0.1) is 0 Å². The minimum atomic E-state index is 0.568. The van der Waals surface area contributed by atoms with Crippen molar-refractivity contribution in [2.24, 2.45) is 0 Å². The molecule has 1 heterocycles. The van der Waals surface area contributed by atoms with Crippen molar-refractivity contribution in [3.05, 3.63) is 95.8 Å². The van der Waals surface area contributed by atoms with Crippen LogP contribution in [0.2, 0.25) is 0 Å². The third-order valence-electron chi connectivity index (χ3n) is 5.59. The van der Waals surface area contributed by atoms with Crippen LogP contribution < -0.4 is 10.1 Å². The molecular formula is C25H28N2O. The van der Waals surface area contributed by atoms with E-state index in [1.165, 1.54) is 42.5 Å². The number of nitrogens with zero attached hydrogens (tertiary/aromatic N) is 1. The summed E-state index contributed by atoms with van der Waals surface area (Å²) in [4.78, 5) is 4.69. The first-order valence-electron chi connectivity index (χ1n) is 10.3. The van der Waals surface area contributed by atoms with Crippen molar-refractivity contribution in [1.29, 1.82) is 0 Å². The predicted octanol–water partition coefficient (Wildman–Crippen LogP) is 5.48. The second-order valence-electron chi connectivity index (χ2n) is 7.61. The largest absolute Gasteiger partial charge is 0.487 e. The highest BCUT2D eigenvalue weighted by atomic mass is 16.5. The van der Waals surface area contributed by atoms with Gasteiger partial charge in [0.2, 0.25) is 0 Å². The van der Waals surface area contributed by atoms with Gasteiger partial charge in [0.15, 0.2) is 0 Å². The summed E-state index contributed by atoms with van der Waals surface area (Å²) in [5.74, 6) is 1.41. The molecule has 2 aromatic carbocycles. The Hall–Kier alpha value is -2.65. The van der Waals surface area contributed by atoms with E-state index in [0.717, 1.165) is 12.3 Å². The van der Waals surface area contributed by atoms with Gasteiger partial charge in [0, 0.05) is 24.2 Å². The summed E-state index contributed by atoms with van der Waals surface area (Å²) in [5.41, 5.74) is 3.74. The third kappa shape index (κ3) is 5.20. The number of aromatic nitrogens is 1. The van der Waals surface area contributed by atoms with Gasteiger partial charge in [-0.05, 0) is 48.9 Å². The van der Waals surface area contributed by atoms with Gasteiger partial charge in [-0.25, -0.2) is 0 Å². The van der Waals surface area contributed by atoms with Crippen molar-refractivity contribution in [3.63, 3.8) is 0 Å². The van der Waals surface area contributed by atoms with Crippen molar-refractivity contribution in [1.82, 2.24) is 10.3 Å². The molecule has 1 aromatic heterocycles. The third-order valence-corrected chi connectivity index (χ3v) is 5.59. The first-order chi connectivity index (χ1) is 13.9. The number of ether oxygens (including phenoxy) is 1. The lowest BCUT2D eigenvalue weighted by Crippen LogP contribution is -2.32. The van der Waals surface area contributed by atoms with Crippen LogP contribution in [0.3, 0.4) is 0 Å². The zero-order valence-electron chi connectivity index (χ0n) is 16.3. The Kier molecular flexibility index (Phi) is 6.36. The summed E-state index contributed by atoms with van der Waals surface area (Å²) in [6.07, 6.45) is 6.70. The normalized spacial score (nSPS) is 19.3. The second kappa shape index (κ2) is 9.52.